The first-order valence-corrected chi connectivity index (χ1v) is 7.62. The van der Waals surface area contributed by atoms with E-state index in [1.54, 1.807) is 19.5 Å². The highest BCUT2D eigenvalue weighted by atomic mass is 16.5. The summed E-state index contributed by atoms with van der Waals surface area (Å²) in [6.07, 6.45) is 5.49. The molecule has 1 aliphatic rings. The van der Waals surface area contributed by atoms with E-state index in [1.807, 2.05) is 12.1 Å². The molecule has 5 N–H and O–H groups in total. The molecule has 1 fully saturated rings. The summed E-state index contributed by atoms with van der Waals surface area (Å²) < 4.78 is 5.22. The zero-order chi connectivity index (χ0) is 16.1. The zero-order valence-electron chi connectivity index (χ0n) is 13.0. The number of nitrogens with one attached hydrogen (secondary N) is 3. The molecule has 122 valence electrons. The molecule has 0 amide bonds. The maximum absolute atomic E-state index is 5.98. The van der Waals surface area contributed by atoms with Crippen molar-refractivity contribution in [3.05, 3.63) is 24.5 Å². The van der Waals surface area contributed by atoms with Crippen LogP contribution in [0.15, 0.2) is 24.5 Å². The fraction of sp³-hybridized carbons (Fsp3) is 0.400. The minimum Gasteiger partial charge on any atom is -0.480 e. The number of nitrogens with two attached hydrogens (primary N) is 1. The number of nitrogen functional groups attached to an aromatic ring is 1. The van der Waals surface area contributed by atoms with Gasteiger partial charge < -0.3 is 26.4 Å². The van der Waals surface area contributed by atoms with Crippen molar-refractivity contribution in [3.63, 3.8) is 0 Å². The molecule has 0 saturated carbocycles. The number of pyridine rings is 1. The van der Waals surface area contributed by atoms with E-state index in [-0.39, 0.29) is 0 Å². The van der Waals surface area contributed by atoms with Crippen LogP contribution >= 0.6 is 0 Å². The van der Waals surface area contributed by atoms with E-state index in [9.17, 15) is 0 Å². The molecule has 2 aromatic rings. The van der Waals surface area contributed by atoms with Crippen LogP contribution in [0.1, 0.15) is 12.8 Å². The number of rotatable bonds is 5. The number of piperidine rings is 1. The molecule has 23 heavy (non-hydrogen) atoms. The van der Waals surface area contributed by atoms with E-state index in [2.05, 4.69) is 30.9 Å². The summed E-state index contributed by atoms with van der Waals surface area (Å²) in [5.41, 5.74) is 7.21. The first-order valence-electron chi connectivity index (χ1n) is 7.62. The largest absolute Gasteiger partial charge is 0.480 e. The summed E-state index contributed by atoms with van der Waals surface area (Å²) in [4.78, 5) is 12.8. The van der Waals surface area contributed by atoms with E-state index in [1.165, 1.54) is 0 Å². The predicted molar refractivity (Wildman–Crippen MR) is 90.0 cm³/mol. The fourth-order valence-corrected chi connectivity index (χ4v) is 2.50. The summed E-state index contributed by atoms with van der Waals surface area (Å²) in [5.74, 6) is 1.56. The van der Waals surface area contributed by atoms with Gasteiger partial charge in [-0.15, -0.1) is 0 Å². The first-order chi connectivity index (χ1) is 11.3. The van der Waals surface area contributed by atoms with Gasteiger partial charge in [-0.25, -0.2) is 9.97 Å². The van der Waals surface area contributed by atoms with Crippen molar-refractivity contribution in [2.45, 2.75) is 18.9 Å². The van der Waals surface area contributed by atoms with Gasteiger partial charge in [-0.2, -0.15) is 4.98 Å². The van der Waals surface area contributed by atoms with E-state index >= 15 is 0 Å². The third-order valence-electron chi connectivity index (χ3n) is 3.67. The number of hydrogen-bond donors (Lipinski definition) is 4. The Balaban J connectivity index is 1.76. The summed E-state index contributed by atoms with van der Waals surface area (Å²) in [5, 5.41) is 9.84. The third kappa shape index (κ3) is 3.78. The molecular weight excluding hydrogens is 294 g/mol. The van der Waals surface area contributed by atoms with Crippen LogP contribution in [0.4, 0.5) is 23.1 Å². The molecule has 3 rings (SSSR count). The van der Waals surface area contributed by atoms with Crippen LogP contribution in [0.2, 0.25) is 0 Å². The maximum atomic E-state index is 5.98. The lowest BCUT2D eigenvalue weighted by Crippen LogP contribution is -2.38. The van der Waals surface area contributed by atoms with Gasteiger partial charge in [0.1, 0.15) is 5.69 Å². The predicted octanol–water partition coefficient (Wildman–Crippen LogP) is 1.37. The van der Waals surface area contributed by atoms with E-state index in [4.69, 9.17) is 10.5 Å². The van der Waals surface area contributed by atoms with Crippen LogP contribution in [-0.2, 0) is 0 Å². The molecule has 1 atom stereocenters. The molecule has 0 spiro atoms. The van der Waals surface area contributed by atoms with Gasteiger partial charge in [0.05, 0.1) is 19.0 Å². The summed E-state index contributed by atoms with van der Waals surface area (Å²) in [7, 11) is 1.57. The molecule has 3 heterocycles. The molecule has 8 heteroatoms. The van der Waals surface area contributed by atoms with Crippen LogP contribution in [0.25, 0.3) is 0 Å². The van der Waals surface area contributed by atoms with E-state index < -0.39 is 0 Å². The fourth-order valence-electron chi connectivity index (χ4n) is 2.50. The van der Waals surface area contributed by atoms with Crippen LogP contribution in [-0.4, -0.2) is 41.2 Å². The number of methoxy groups -OCH3 is 1. The van der Waals surface area contributed by atoms with Crippen molar-refractivity contribution in [2.75, 3.05) is 36.6 Å². The molecule has 8 nitrogen and oxygen atoms in total. The normalized spacial score (nSPS) is 17.5. The molecular formula is C15H21N7O. The van der Waals surface area contributed by atoms with Gasteiger partial charge in [0, 0.05) is 18.8 Å². The highest BCUT2D eigenvalue weighted by Crippen LogP contribution is 2.25. The lowest BCUT2D eigenvalue weighted by Gasteiger charge is -2.24. The zero-order valence-corrected chi connectivity index (χ0v) is 13.0. The summed E-state index contributed by atoms with van der Waals surface area (Å²) in [6.45, 7) is 1.97. The Labute approximate surface area is 134 Å². The second-order valence-electron chi connectivity index (χ2n) is 5.37. The van der Waals surface area contributed by atoms with Crippen LogP contribution in [0, 0.1) is 0 Å². The van der Waals surface area contributed by atoms with Gasteiger partial charge >= 0.3 is 0 Å². The highest BCUT2D eigenvalue weighted by Gasteiger charge is 2.15. The minimum absolute atomic E-state index is 0.321. The molecule has 1 aliphatic heterocycles. The Morgan fingerprint density at radius 3 is 3.09 bits per heavy atom. The van der Waals surface area contributed by atoms with Gasteiger partial charge in [-0.1, -0.05) is 0 Å². The Morgan fingerprint density at radius 1 is 1.39 bits per heavy atom. The van der Waals surface area contributed by atoms with Gasteiger partial charge in [-0.05, 0) is 31.5 Å². The first kappa shape index (κ1) is 15.3. The standard InChI is InChI=1S/C15H21N7O/c1-23-14-12(5-3-7-18-14)21-15-19-9-11(16)13(22-15)20-10-4-2-6-17-8-10/h3,5,7,9-10,17H,2,4,6,8,16H2,1H3,(H2,19,20,21,22)/t10-/m0/s1. The highest BCUT2D eigenvalue weighted by molar-refractivity contribution is 5.65. The van der Waals surface area contributed by atoms with Crippen LogP contribution < -0.4 is 26.4 Å². The van der Waals surface area contributed by atoms with Crippen molar-refractivity contribution < 1.29 is 4.74 Å². The lowest BCUT2D eigenvalue weighted by atomic mass is 10.1. The minimum atomic E-state index is 0.321. The molecule has 0 aliphatic carbocycles. The van der Waals surface area contributed by atoms with Crippen molar-refractivity contribution in [1.82, 2.24) is 20.3 Å². The maximum Gasteiger partial charge on any atom is 0.237 e. The number of aromatic nitrogens is 3. The van der Waals surface area contributed by atoms with Crippen molar-refractivity contribution >= 4 is 23.1 Å². The van der Waals surface area contributed by atoms with E-state index in [0.717, 1.165) is 25.9 Å². The van der Waals surface area contributed by atoms with Gasteiger partial charge in [0.25, 0.3) is 0 Å². The second-order valence-corrected chi connectivity index (χ2v) is 5.37. The van der Waals surface area contributed by atoms with E-state index in [0.29, 0.717) is 35.1 Å². The summed E-state index contributed by atoms with van der Waals surface area (Å²) >= 11 is 0. The number of anilines is 4. The second kappa shape index (κ2) is 7.10. The average molecular weight is 315 g/mol. The SMILES string of the molecule is COc1ncccc1Nc1ncc(N)c(N[C@H]2CCCNC2)n1. The Kier molecular flexibility index (Phi) is 4.72. The monoisotopic (exact) mass is 315 g/mol. The topological polar surface area (TPSA) is 110 Å². The van der Waals surface area contributed by atoms with Gasteiger partial charge in [0.2, 0.25) is 11.8 Å². The van der Waals surface area contributed by atoms with Crippen molar-refractivity contribution in [3.8, 4) is 5.88 Å². The number of ether oxygens (including phenoxy) is 1. The quantitative estimate of drug-likeness (QED) is 0.655. The summed E-state index contributed by atoms with van der Waals surface area (Å²) in [6, 6.07) is 3.99. The Morgan fingerprint density at radius 2 is 2.30 bits per heavy atom. The van der Waals surface area contributed by atoms with Gasteiger partial charge in [0.15, 0.2) is 5.82 Å². The van der Waals surface area contributed by atoms with Crippen molar-refractivity contribution in [1.29, 1.82) is 0 Å². The smallest absolute Gasteiger partial charge is 0.237 e. The third-order valence-corrected chi connectivity index (χ3v) is 3.67. The van der Waals surface area contributed by atoms with Crippen LogP contribution in [0.3, 0.4) is 0 Å². The molecule has 0 unspecified atom stereocenters. The van der Waals surface area contributed by atoms with Crippen molar-refractivity contribution in [2.24, 2.45) is 0 Å². The number of nitrogens with zero attached hydrogens (tertiary/aromatic N) is 3. The average Bonchev–Trinajstić information content (AvgIpc) is 2.59. The molecule has 2 aromatic heterocycles. The molecule has 0 bridgehead atoms. The number of hydrogen-bond acceptors (Lipinski definition) is 8. The Hall–Kier alpha value is -2.61. The molecule has 0 radical (unpaired) electrons. The molecule has 1 saturated heterocycles. The Bertz CT molecular complexity index is 658. The van der Waals surface area contributed by atoms with Gasteiger partial charge in [-0.3, -0.25) is 0 Å². The lowest BCUT2D eigenvalue weighted by molar-refractivity contribution is 0.400. The van der Waals surface area contributed by atoms with Crippen LogP contribution in [0.5, 0.6) is 5.88 Å². The molecule has 0 aromatic carbocycles.